The third-order valence-corrected chi connectivity index (χ3v) is 3.15. The van der Waals surface area contributed by atoms with Crippen LogP contribution < -0.4 is 10.6 Å². The quantitative estimate of drug-likeness (QED) is 0.902. The van der Waals surface area contributed by atoms with Crippen LogP contribution in [0.25, 0.3) is 0 Å². The number of ether oxygens (including phenoxy) is 1. The predicted molar refractivity (Wildman–Crippen MR) is 91.6 cm³/mol. The van der Waals surface area contributed by atoms with Gasteiger partial charge in [0.1, 0.15) is 5.60 Å². The average molecular weight is 316 g/mol. The van der Waals surface area contributed by atoms with E-state index >= 15 is 0 Å². The average Bonchev–Trinajstić information content (AvgIpc) is 2.74. The topological polar surface area (TPSA) is 68.2 Å². The Balaban J connectivity index is 2.05. The number of nitrogens with zero attached hydrogens (tertiary/aromatic N) is 2. The summed E-state index contributed by atoms with van der Waals surface area (Å²) in [6.07, 6.45) is 1.51. The van der Waals surface area contributed by atoms with Crippen molar-refractivity contribution in [2.75, 3.05) is 10.6 Å². The largest absolute Gasteiger partial charge is 0.444 e. The Morgan fingerprint density at radius 3 is 2.48 bits per heavy atom. The van der Waals surface area contributed by atoms with Crippen LogP contribution in [0.1, 0.15) is 32.0 Å². The number of nitrogens with one attached hydrogen (secondary N) is 2. The number of rotatable bonds is 4. The van der Waals surface area contributed by atoms with Gasteiger partial charge in [0.25, 0.3) is 0 Å². The van der Waals surface area contributed by atoms with Crippen molar-refractivity contribution in [3.05, 3.63) is 41.7 Å². The van der Waals surface area contributed by atoms with E-state index in [1.54, 1.807) is 4.68 Å². The van der Waals surface area contributed by atoms with E-state index in [4.69, 9.17) is 4.74 Å². The van der Waals surface area contributed by atoms with Crippen LogP contribution in [0.15, 0.2) is 30.5 Å². The molecule has 1 aromatic carbocycles. The molecule has 0 unspecified atom stereocenters. The Bertz CT molecular complexity index is 686. The second-order valence-electron chi connectivity index (χ2n) is 6.44. The number of aromatic nitrogens is 2. The van der Waals surface area contributed by atoms with Gasteiger partial charge in [-0.2, -0.15) is 5.10 Å². The van der Waals surface area contributed by atoms with Crippen molar-refractivity contribution in [2.45, 2.75) is 39.8 Å². The van der Waals surface area contributed by atoms with Crippen molar-refractivity contribution < 1.29 is 9.53 Å². The van der Waals surface area contributed by atoms with E-state index < -0.39 is 11.7 Å². The van der Waals surface area contributed by atoms with Gasteiger partial charge in [-0.1, -0.05) is 12.1 Å². The molecule has 0 fully saturated rings. The van der Waals surface area contributed by atoms with Crippen LogP contribution in [0.4, 0.5) is 16.2 Å². The fourth-order valence-electron chi connectivity index (χ4n) is 2.17. The van der Waals surface area contributed by atoms with Gasteiger partial charge in [0.15, 0.2) is 0 Å². The zero-order chi connectivity index (χ0) is 17.0. The Hall–Kier alpha value is -2.50. The summed E-state index contributed by atoms with van der Waals surface area (Å²) < 4.78 is 7.08. The molecule has 23 heavy (non-hydrogen) atoms. The van der Waals surface area contributed by atoms with Crippen LogP contribution in [0.3, 0.4) is 0 Å². The first-order valence-electron chi connectivity index (χ1n) is 7.56. The Morgan fingerprint density at radius 2 is 1.91 bits per heavy atom. The highest BCUT2D eigenvalue weighted by molar-refractivity contribution is 5.89. The number of carbonyl (C=O) groups excluding carboxylic acids is 1. The molecule has 0 spiro atoms. The number of amides is 1. The lowest BCUT2D eigenvalue weighted by Gasteiger charge is -2.20. The molecule has 0 saturated heterocycles. The summed E-state index contributed by atoms with van der Waals surface area (Å²) in [7, 11) is 1.90. The number of anilines is 2. The molecule has 0 atom stereocenters. The summed E-state index contributed by atoms with van der Waals surface area (Å²) in [5, 5.41) is 10.4. The molecule has 2 rings (SSSR count). The molecule has 0 bridgehead atoms. The van der Waals surface area contributed by atoms with Gasteiger partial charge >= 0.3 is 6.09 Å². The molecule has 2 N–H and O–H groups in total. The molecule has 2 aromatic rings. The first kappa shape index (κ1) is 16.9. The summed E-state index contributed by atoms with van der Waals surface area (Å²) in [6.45, 7) is 8.11. The van der Waals surface area contributed by atoms with E-state index in [1.807, 2.05) is 65.2 Å². The second kappa shape index (κ2) is 6.73. The summed E-state index contributed by atoms with van der Waals surface area (Å²) in [4.78, 5) is 11.9. The lowest BCUT2D eigenvalue weighted by molar-refractivity contribution is 0.0636. The molecule has 1 amide bonds. The third kappa shape index (κ3) is 5.02. The predicted octanol–water partition coefficient (Wildman–Crippen LogP) is 3.69. The van der Waals surface area contributed by atoms with Gasteiger partial charge in [-0.25, -0.2) is 4.79 Å². The summed E-state index contributed by atoms with van der Waals surface area (Å²) in [6, 6.07) is 7.53. The Kier molecular flexibility index (Phi) is 4.93. The molecular weight excluding hydrogens is 292 g/mol. The van der Waals surface area contributed by atoms with Crippen molar-refractivity contribution in [2.24, 2.45) is 7.05 Å². The highest BCUT2D eigenvalue weighted by atomic mass is 16.6. The highest BCUT2D eigenvalue weighted by Crippen LogP contribution is 2.23. The molecule has 1 heterocycles. The Morgan fingerprint density at radius 1 is 1.26 bits per heavy atom. The fourth-order valence-corrected chi connectivity index (χ4v) is 2.17. The molecule has 1 aromatic heterocycles. The van der Waals surface area contributed by atoms with Gasteiger partial charge < -0.3 is 10.1 Å². The van der Waals surface area contributed by atoms with Crippen molar-refractivity contribution in [1.29, 1.82) is 0 Å². The molecule has 0 aliphatic rings. The maximum absolute atomic E-state index is 11.9. The molecule has 124 valence electrons. The number of aryl methyl sites for hydroxylation is 2. The number of para-hydroxylation sites is 2. The van der Waals surface area contributed by atoms with Crippen LogP contribution in [-0.4, -0.2) is 21.5 Å². The van der Waals surface area contributed by atoms with E-state index in [2.05, 4.69) is 15.7 Å². The molecule has 0 aliphatic carbocycles. The fraction of sp³-hybridized carbons (Fsp3) is 0.412. The summed E-state index contributed by atoms with van der Waals surface area (Å²) in [5.74, 6) is 0. The minimum Gasteiger partial charge on any atom is -0.444 e. The van der Waals surface area contributed by atoms with Gasteiger partial charge in [-0.15, -0.1) is 0 Å². The zero-order valence-corrected chi connectivity index (χ0v) is 14.3. The minimum atomic E-state index is -0.528. The number of hydrogen-bond acceptors (Lipinski definition) is 4. The van der Waals surface area contributed by atoms with Crippen LogP contribution in [-0.2, 0) is 18.3 Å². The zero-order valence-electron chi connectivity index (χ0n) is 14.3. The molecule has 6 heteroatoms. The van der Waals surface area contributed by atoms with Crippen LogP contribution >= 0.6 is 0 Å². The van der Waals surface area contributed by atoms with E-state index in [0.29, 0.717) is 12.2 Å². The summed E-state index contributed by atoms with van der Waals surface area (Å²) >= 11 is 0. The number of carbonyl (C=O) groups is 1. The van der Waals surface area contributed by atoms with Crippen LogP contribution in [0.2, 0.25) is 0 Å². The van der Waals surface area contributed by atoms with Gasteiger partial charge in [-0.05, 0) is 39.8 Å². The smallest absolute Gasteiger partial charge is 0.412 e. The normalized spacial score (nSPS) is 11.2. The molecule has 0 aliphatic heterocycles. The van der Waals surface area contributed by atoms with E-state index in [9.17, 15) is 4.79 Å². The molecule has 0 saturated carbocycles. The Labute approximate surface area is 136 Å². The number of benzene rings is 1. The van der Waals surface area contributed by atoms with Crippen molar-refractivity contribution in [3.8, 4) is 0 Å². The first-order valence-corrected chi connectivity index (χ1v) is 7.56. The van der Waals surface area contributed by atoms with E-state index in [-0.39, 0.29) is 0 Å². The van der Waals surface area contributed by atoms with E-state index in [1.165, 1.54) is 0 Å². The second-order valence-corrected chi connectivity index (χ2v) is 6.44. The third-order valence-electron chi connectivity index (χ3n) is 3.15. The van der Waals surface area contributed by atoms with Gasteiger partial charge in [-0.3, -0.25) is 10.00 Å². The SMILES string of the molecule is Cc1nn(C)cc1CNc1ccccc1NC(=O)OC(C)(C)C. The monoisotopic (exact) mass is 316 g/mol. The number of hydrogen-bond donors (Lipinski definition) is 2. The standard InChI is InChI=1S/C17H24N4O2/c1-12-13(11-21(5)20-12)10-18-14-8-6-7-9-15(14)19-16(22)23-17(2,3)4/h6-9,11,18H,10H2,1-5H3,(H,19,22). The van der Waals surface area contributed by atoms with Crippen LogP contribution in [0, 0.1) is 6.92 Å². The summed E-state index contributed by atoms with van der Waals surface area (Å²) in [5.41, 5.74) is 3.08. The minimum absolute atomic E-state index is 0.468. The van der Waals surface area contributed by atoms with Crippen LogP contribution in [0.5, 0.6) is 0 Å². The molecule has 0 radical (unpaired) electrons. The first-order chi connectivity index (χ1) is 10.7. The van der Waals surface area contributed by atoms with E-state index in [0.717, 1.165) is 16.9 Å². The van der Waals surface area contributed by atoms with Crippen molar-refractivity contribution >= 4 is 17.5 Å². The van der Waals surface area contributed by atoms with Crippen molar-refractivity contribution in [1.82, 2.24) is 9.78 Å². The maximum Gasteiger partial charge on any atom is 0.412 e. The molecular formula is C17H24N4O2. The lowest BCUT2D eigenvalue weighted by Crippen LogP contribution is -2.27. The van der Waals surface area contributed by atoms with Crippen molar-refractivity contribution in [3.63, 3.8) is 0 Å². The van der Waals surface area contributed by atoms with Gasteiger partial charge in [0, 0.05) is 25.4 Å². The van der Waals surface area contributed by atoms with Gasteiger partial charge in [0.2, 0.25) is 0 Å². The molecule has 6 nitrogen and oxygen atoms in total. The highest BCUT2D eigenvalue weighted by Gasteiger charge is 2.17. The lowest BCUT2D eigenvalue weighted by atomic mass is 10.2. The maximum atomic E-state index is 11.9. The van der Waals surface area contributed by atoms with Gasteiger partial charge in [0.05, 0.1) is 17.1 Å².